The molecule has 0 bridgehead atoms. The van der Waals surface area contributed by atoms with Crippen LogP contribution in [-0.2, 0) is 16.1 Å². The van der Waals surface area contributed by atoms with Crippen LogP contribution in [0.15, 0.2) is 16.5 Å². The van der Waals surface area contributed by atoms with Crippen LogP contribution in [0.25, 0.3) is 0 Å². The number of aryl methyl sites for hydroxylation is 1. The van der Waals surface area contributed by atoms with Gasteiger partial charge in [-0.05, 0) is 19.1 Å². The Bertz CT molecular complexity index is 415. The number of carboxylic acids is 1. The van der Waals surface area contributed by atoms with Crippen LogP contribution in [0, 0.1) is 6.92 Å². The number of nitrogens with one attached hydrogen (secondary N) is 2. The molecule has 1 unspecified atom stereocenters. The van der Waals surface area contributed by atoms with Crippen LogP contribution in [0.3, 0.4) is 0 Å². The van der Waals surface area contributed by atoms with Crippen molar-refractivity contribution in [1.82, 2.24) is 10.6 Å². The van der Waals surface area contributed by atoms with Crippen LogP contribution in [0.4, 0.5) is 4.79 Å². The summed E-state index contributed by atoms with van der Waals surface area (Å²) in [6.45, 7) is 1.89. The van der Waals surface area contributed by atoms with Crippen molar-refractivity contribution in [2.45, 2.75) is 19.5 Å². The molecule has 0 radical (unpaired) electrons. The molecule has 2 amide bonds. The van der Waals surface area contributed by atoms with Gasteiger partial charge in [0.2, 0.25) is 0 Å². The Morgan fingerprint density at radius 3 is 2.72 bits per heavy atom. The number of furan rings is 1. The molecule has 100 valence electrons. The zero-order valence-electron chi connectivity index (χ0n) is 10.2. The maximum atomic E-state index is 11.4. The normalized spacial score (nSPS) is 11.9. The first-order valence-corrected chi connectivity index (χ1v) is 5.34. The van der Waals surface area contributed by atoms with E-state index in [4.69, 9.17) is 14.3 Å². The quantitative estimate of drug-likeness (QED) is 0.687. The summed E-state index contributed by atoms with van der Waals surface area (Å²) in [6, 6.07) is 1.85. The molecular formula is C11H16N2O5. The van der Waals surface area contributed by atoms with Gasteiger partial charge in [0, 0.05) is 7.11 Å². The number of rotatable bonds is 6. The molecule has 0 aliphatic carbocycles. The third-order valence-electron chi connectivity index (χ3n) is 2.16. The van der Waals surface area contributed by atoms with E-state index in [1.54, 1.807) is 19.1 Å². The lowest BCUT2D eigenvalue weighted by molar-refractivity contribution is -0.140. The highest BCUT2D eigenvalue weighted by atomic mass is 16.5. The Kier molecular flexibility index (Phi) is 5.19. The predicted octanol–water partition coefficient (Wildman–Crippen LogP) is 0.487. The summed E-state index contributed by atoms with van der Waals surface area (Å²) in [7, 11) is 1.36. The van der Waals surface area contributed by atoms with E-state index in [0.29, 0.717) is 5.76 Å². The number of carboxylic acid groups (broad SMARTS) is 1. The SMILES string of the molecule is COCC(NC(=O)NCc1ccc(C)o1)C(=O)O. The van der Waals surface area contributed by atoms with Crippen LogP contribution in [0.5, 0.6) is 0 Å². The highest BCUT2D eigenvalue weighted by Crippen LogP contribution is 2.05. The van der Waals surface area contributed by atoms with E-state index >= 15 is 0 Å². The van der Waals surface area contributed by atoms with Crippen molar-refractivity contribution in [3.8, 4) is 0 Å². The molecule has 1 rings (SSSR count). The average Bonchev–Trinajstić information content (AvgIpc) is 2.72. The van der Waals surface area contributed by atoms with Gasteiger partial charge in [-0.25, -0.2) is 9.59 Å². The Labute approximate surface area is 104 Å². The molecular weight excluding hydrogens is 240 g/mol. The van der Waals surface area contributed by atoms with Crippen molar-refractivity contribution in [2.24, 2.45) is 0 Å². The Morgan fingerprint density at radius 2 is 2.22 bits per heavy atom. The number of urea groups is 1. The summed E-state index contributed by atoms with van der Waals surface area (Å²) in [5, 5.41) is 13.6. The van der Waals surface area contributed by atoms with Crippen molar-refractivity contribution in [1.29, 1.82) is 0 Å². The third-order valence-corrected chi connectivity index (χ3v) is 2.16. The zero-order valence-corrected chi connectivity index (χ0v) is 10.2. The fourth-order valence-corrected chi connectivity index (χ4v) is 1.30. The lowest BCUT2D eigenvalue weighted by Gasteiger charge is -2.13. The minimum Gasteiger partial charge on any atom is -0.480 e. The van der Waals surface area contributed by atoms with Gasteiger partial charge >= 0.3 is 12.0 Å². The lowest BCUT2D eigenvalue weighted by Crippen LogP contribution is -2.48. The Hall–Kier alpha value is -2.02. The van der Waals surface area contributed by atoms with E-state index in [1.165, 1.54) is 7.11 Å². The minimum absolute atomic E-state index is 0.0946. The fraction of sp³-hybridized carbons (Fsp3) is 0.455. The highest BCUT2D eigenvalue weighted by molar-refractivity contribution is 5.82. The highest BCUT2D eigenvalue weighted by Gasteiger charge is 2.19. The molecule has 0 fully saturated rings. The van der Waals surface area contributed by atoms with Gasteiger partial charge in [-0.3, -0.25) is 0 Å². The summed E-state index contributed by atoms with van der Waals surface area (Å²) in [5.74, 6) is 0.192. The van der Waals surface area contributed by atoms with Crippen molar-refractivity contribution in [3.63, 3.8) is 0 Å². The maximum absolute atomic E-state index is 11.4. The zero-order chi connectivity index (χ0) is 13.5. The molecule has 0 saturated heterocycles. The van der Waals surface area contributed by atoms with E-state index in [1.807, 2.05) is 0 Å². The molecule has 1 heterocycles. The van der Waals surface area contributed by atoms with Crippen LogP contribution < -0.4 is 10.6 Å². The molecule has 0 saturated carbocycles. The molecule has 0 aliphatic heterocycles. The largest absolute Gasteiger partial charge is 0.480 e. The topological polar surface area (TPSA) is 101 Å². The van der Waals surface area contributed by atoms with Gasteiger partial charge in [-0.15, -0.1) is 0 Å². The van der Waals surface area contributed by atoms with Crippen LogP contribution >= 0.6 is 0 Å². The predicted molar refractivity (Wildman–Crippen MR) is 62.1 cm³/mol. The summed E-state index contributed by atoms with van der Waals surface area (Å²) >= 11 is 0. The van der Waals surface area contributed by atoms with Gasteiger partial charge in [0.05, 0.1) is 13.2 Å². The molecule has 3 N–H and O–H groups in total. The van der Waals surface area contributed by atoms with E-state index in [0.717, 1.165) is 5.76 Å². The van der Waals surface area contributed by atoms with Crippen molar-refractivity contribution >= 4 is 12.0 Å². The molecule has 0 spiro atoms. The molecule has 1 aromatic rings. The Balaban J connectivity index is 2.38. The number of methoxy groups -OCH3 is 1. The van der Waals surface area contributed by atoms with E-state index in [9.17, 15) is 9.59 Å². The average molecular weight is 256 g/mol. The van der Waals surface area contributed by atoms with Gasteiger partial charge in [-0.2, -0.15) is 0 Å². The van der Waals surface area contributed by atoms with Crippen molar-refractivity contribution in [2.75, 3.05) is 13.7 Å². The van der Waals surface area contributed by atoms with Crippen LogP contribution in [-0.4, -0.2) is 36.9 Å². The van der Waals surface area contributed by atoms with Crippen molar-refractivity contribution < 1.29 is 23.8 Å². The number of hydrogen-bond acceptors (Lipinski definition) is 4. The molecule has 7 nitrogen and oxygen atoms in total. The number of amides is 2. The van der Waals surface area contributed by atoms with Gasteiger partial charge < -0.3 is 24.9 Å². The first-order chi connectivity index (χ1) is 8.52. The second-order valence-corrected chi connectivity index (χ2v) is 3.69. The molecule has 18 heavy (non-hydrogen) atoms. The maximum Gasteiger partial charge on any atom is 0.328 e. The second-order valence-electron chi connectivity index (χ2n) is 3.69. The van der Waals surface area contributed by atoms with Crippen molar-refractivity contribution in [3.05, 3.63) is 23.7 Å². The monoisotopic (exact) mass is 256 g/mol. The summed E-state index contributed by atoms with van der Waals surface area (Å²) < 4.78 is 9.94. The van der Waals surface area contributed by atoms with Gasteiger partial charge in [0.25, 0.3) is 0 Å². The molecule has 1 aromatic heterocycles. The third kappa shape index (κ3) is 4.46. The van der Waals surface area contributed by atoms with Gasteiger partial charge in [-0.1, -0.05) is 0 Å². The van der Waals surface area contributed by atoms with E-state index < -0.39 is 18.0 Å². The second kappa shape index (κ2) is 6.65. The number of carbonyl (C=O) groups excluding carboxylic acids is 1. The standard InChI is InChI=1S/C11H16N2O5/c1-7-3-4-8(18-7)5-12-11(16)13-9(6-17-2)10(14)15/h3-4,9H,5-6H2,1-2H3,(H,14,15)(H2,12,13,16). The molecule has 1 atom stereocenters. The molecule has 0 aliphatic rings. The number of hydrogen-bond donors (Lipinski definition) is 3. The number of aliphatic carboxylic acids is 1. The first-order valence-electron chi connectivity index (χ1n) is 5.34. The lowest BCUT2D eigenvalue weighted by atomic mass is 10.3. The summed E-state index contributed by atoms with van der Waals surface area (Å²) in [6.07, 6.45) is 0. The number of carbonyl (C=O) groups is 2. The Morgan fingerprint density at radius 1 is 1.50 bits per heavy atom. The first kappa shape index (κ1) is 14.0. The summed E-state index contributed by atoms with van der Waals surface area (Å²) in [5.41, 5.74) is 0. The number of ether oxygens (including phenoxy) is 1. The molecule has 7 heteroatoms. The minimum atomic E-state index is -1.15. The molecule has 0 aromatic carbocycles. The van der Waals surface area contributed by atoms with Gasteiger partial charge in [0.1, 0.15) is 11.5 Å². The smallest absolute Gasteiger partial charge is 0.328 e. The van der Waals surface area contributed by atoms with E-state index in [2.05, 4.69) is 10.6 Å². The van der Waals surface area contributed by atoms with Crippen LogP contribution in [0.2, 0.25) is 0 Å². The van der Waals surface area contributed by atoms with Crippen LogP contribution in [0.1, 0.15) is 11.5 Å². The van der Waals surface area contributed by atoms with E-state index in [-0.39, 0.29) is 13.2 Å². The summed E-state index contributed by atoms with van der Waals surface area (Å²) in [4.78, 5) is 22.2. The van der Waals surface area contributed by atoms with Gasteiger partial charge in [0.15, 0.2) is 6.04 Å². The fourth-order valence-electron chi connectivity index (χ4n) is 1.30.